The van der Waals surface area contributed by atoms with Crippen molar-refractivity contribution in [1.82, 2.24) is 9.80 Å². The molecule has 1 aliphatic rings. The maximum atomic E-state index is 12.2. The molecular weight excluding hydrogens is 284 g/mol. The van der Waals surface area contributed by atoms with E-state index in [4.69, 9.17) is 9.84 Å². The van der Waals surface area contributed by atoms with Crippen molar-refractivity contribution in [2.24, 2.45) is 0 Å². The molecule has 0 radical (unpaired) electrons. The van der Waals surface area contributed by atoms with Crippen molar-refractivity contribution in [3.05, 3.63) is 35.9 Å². The van der Waals surface area contributed by atoms with Gasteiger partial charge in [-0.2, -0.15) is 0 Å². The molecule has 120 valence electrons. The van der Waals surface area contributed by atoms with Gasteiger partial charge in [0.1, 0.15) is 6.61 Å². The van der Waals surface area contributed by atoms with Crippen molar-refractivity contribution >= 4 is 12.1 Å². The van der Waals surface area contributed by atoms with Crippen LogP contribution >= 0.6 is 0 Å². The number of ether oxygens (including phenoxy) is 1. The summed E-state index contributed by atoms with van der Waals surface area (Å²) < 4.78 is 5.36. The van der Waals surface area contributed by atoms with Crippen LogP contribution in [0.15, 0.2) is 30.3 Å². The molecule has 1 aromatic carbocycles. The van der Waals surface area contributed by atoms with Gasteiger partial charge >= 0.3 is 12.1 Å². The summed E-state index contributed by atoms with van der Waals surface area (Å²) in [5.74, 6) is -0.862. The third-order valence-electron chi connectivity index (χ3n) is 3.74. The zero-order chi connectivity index (χ0) is 15.9. The van der Waals surface area contributed by atoms with E-state index in [1.165, 1.54) is 0 Å². The number of carboxylic acid groups (broad SMARTS) is 1. The first kappa shape index (κ1) is 16.3. The molecule has 1 heterocycles. The normalized spacial score (nSPS) is 17.7. The lowest BCUT2D eigenvalue weighted by Crippen LogP contribution is -2.43. The van der Waals surface area contributed by atoms with E-state index in [0.717, 1.165) is 18.4 Å². The van der Waals surface area contributed by atoms with Crippen LogP contribution in [-0.2, 0) is 16.1 Å². The van der Waals surface area contributed by atoms with Gasteiger partial charge in [0.25, 0.3) is 0 Å². The van der Waals surface area contributed by atoms with Crippen LogP contribution < -0.4 is 0 Å². The minimum absolute atomic E-state index is 0.0209. The maximum Gasteiger partial charge on any atom is 0.410 e. The molecule has 1 N–H and O–H groups in total. The van der Waals surface area contributed by atoms with Gasteiger partial charge in [-0.15, -0.1) is 0 Å². The van der Waals surface area contributed by atoms with Gasteiger partial charge in [0.2, 0.25) is 0 Å². The lowest BCUT2D eigenvalue weighted by molar-refractivity contribution is -0.138. The Hall–Kier alpha value is -2.08. The Morgan fingerprint density at radius 2 is 2.09 bits per heavy atom. The summed E-state index contributed by atoms with van der Waals surface area (Å²) in [4.78, 5) is 26.3. The van der Waals surface area contributed by atoms with Crippen LogP contribution in [0.1, 0.15) is 18.4 Å². The molecule has 0 bridgehead atoms. The largest absolute Gasteiger partial charge is 0.480 e. The standard InChI is InChI=1S/C16H22N2O4/c1-17(11-15(19)20)10-14-8-5-9-18(14)16(21)22-12-13-6-3-2-4-7-13/h2-4,6-7,14H,5,8-12H2,1H3,(H,19,20)/t14-/m1/s1. The van der Waals surface area contributed by atoms with Gasteiger partial charge in [0, 0.05) is 19.1 Å². The van der Waals surface area contributed by atoms with Crippen molar-refractivity contribution in [2.75, 3.05) is 26.7 Å². The maximum absolute atomic E-state index is 12.2. The number of likely N-dealkylation sites (tertiary alicyclic amines) is 1. The topological polar surface area (TPSA) is 70.1 Å². The molecule has 0 aliphatic carbocycles. The molecule has 1 saturated heterocycles. The molecule has 1 aromatic rings. The number of likely N-dealkylation sites (N-methyl/N-ethyl adjacent to an activating group) is 1. The lowest BCUT2D eigenvalue weighted by Gasteiger charge is -2.27. The Labute approximate surface area is 130 Å². The monoisotopic (exact) mass is 306 g/mol. The molecule has 6 heteroatoms. The van der Waals surface area contributed by atoms with Gasteiger partial charge in [-0.05, 0) is 25.5 Å². The third kappa shape index (κ3) is 4.73. The highest BCUT2D eigenvalue weighted by molar-refractivity contribution is 5.69. The van der Waals surface area contributed by atoms with Crippen molar-refractivity contribution in [1.29, 1.82) is 0 Å². The molecule has 1 atom stereocenters. The first-order valence-corrected chi connectivity index (χ1v) is 7.44. The van der Waals surface area contributed by atoms with Crippen LogP contribution in [0, 0.1) is 0 Å². The van der Waals surface area contributed by atoms with Crippen molar-refractivity contribution in [3.8, 4) is 0 Å². The molecule has 2 rings (SSSR count). The fourth-order valence-electron chi connectivity index (χ4n) is 2.72. The highest BCUT2D eigenvalue weighted by Gasteiger charge is 2.30. The summed E-state index contributed by atoms with van der Waals surface area (Å²) in [5.41, 5.74) is 0.953. The fourth-order valence-corrected chi connectivity index (χ4v) is 2.72. The van der Waals surface area contributed by atoms with E-state index in [1.807, 2.05) is 30.3 Å². The first-order valence-electron chi connectivity index (χ1n) is 7.44. The molecule has 0 aromatic heterocycles. The zero-order valence-corrected chi connectivity index (χ0v) is 12.8. The number of amides is 1. The van der Waals surface area contributed by atoms with E-state index >= 15 is 0 Å². The molecule has 1 aliphatic heterocycles. The average molecular weight is 306 g/mol. The summed E-state index contributed by atoms with van der Waals surface area (Å²) in [7, 11) is 1.75. The van der Waals surface area contributed by atoms with Crippen LogP contribution in [0.4, 0.5) is 4.79 Å². The van der Waals surface area contributed by atoms with Crippen LogP contribution in [0.5, 0.6) is 0 Å². The Morgan fingerprint density at radius 3 is 2.77 bits per heavy atom. The number of nitrogens with zero attached hydrogens (tertiary/aromatic N) is 2. The first-order chi connectivity index (χ1) is 10.6. The minimum atomic E-state index is -0.862. The van der Waals surface area contributed by atoms with E-state index < -0.39 is 5.97 Å². The van der Waals surface area contributed by atoms with Gasteiger partial charge in [-0.25, -0.2) is 4.79 Å². The van der Waals surface area contributed by atoms with Gasteiger partial charge in [0.15, 0.2) is 0 Å². The van der Waals surface area contributed by atoms with Crippen molar-refractivity contribution < 1.29 is 19.4 Å². The molecule has 1 amide bonds. The van der Waals surface area contributed by atoms with Crippen LogP contribution in [-0.4, -0.2) is 59.7 Å². The minimum Gasteiger partial charge on any atom is -0.480 e. The second kappa shape index (κ2) is 7.79. The van der Waals surface area contributed by atoms with E-state index in [-0.39, 0.29) is 25.3 Å². The van der Waals surface area contributed by atoms with Gasteiger partial charge in [0.05, 0.1) is 6.54 Å². The van der Waals surface area contributed by atoms with E-state index in [0.29, 0.717) is 13.1 Å². The number of aliphatic carboxylic acids is 1. The molecule has 6 nitrogen and oxygen atoms in total. The Balaban J connectivity index is 1.84. The predicted octanol–water partition coefficient (Wildman–Crippen LogP) is 1.80. The molecule has 0 saturated carbocycles. The number of rotatable bonds is 6. The fraction of sp³-hybridized carbons (Fsp3) is 0.500. The summed E-state index contributed by atoms with van der Waals surface area (Å²) in [5, 5.41) is 8.80. The smallest absolute Gasteiger partial charge is 0.410 e. The SMILES string of the molecule is CN(CC(=O)O)C[C@H]1CCCN1C(=O)OCc1ccccc1. The molecule has 0 unspecified atom stereocenters. The van der Waals surface area contributed by atoms with E-state index in [1.54, 1.807) is 16.8 Å². The summed E-state index contributed by atoms with van der Waals surface area (Å²) in [6, 6.07) is 9.57. The van der Waals surface area contributed by atoms with Gasteiger partial charge in [-0.1, -0.05) is 30.3 Å². The molecule has 1 fully saturated rings. The highest BCUT2D eigenvalue weighted by atomic mass is 16.6. The van der Waals surface area contributed by atoms with Gasteiger partial charge in [-0.3, -0.25) is 9.69 Å². The van der Waals surface area contributed by atoms with Crippen LogP contribution in [0.2, 0.25) is 0 Å². The van der Waals surface area contributed by atoms with Crippen molar-refractivity contribution in [2.45, 2.75) is 25.5 Å². The Kier molecular flexibility index (Phi) is 5.77. The third-order valence-corrected chi connectivity index (χ3v) is 3.74. The van der Waals surface area contributed by atoms with E-state index in [2.05, 4.69) is 0 Å². The molecular formula is C16H22N2O4. The molecule has 0 spiro atoms. The Morgan fingerprint density at radius 1 is 1.36 bits per heavy atom. The number of carbonyl (C=O) groups excluding carboxylic acids is 1. The number of carbonyl (C=O) groups is 2. The average Bonchev–Trinajstić information content (AvgIpc) is 2.93. The van der Waals surface area contributed by atoms with Crippen molar-refractivity contribution in [3.63, 3.8) is 0 Å². The summed E-state index contributed by atoms with van der Waals surface area (Å²) in [6.07, 6.45) is 1.48. The molecule has 22 heavy (non-hydrogen) atoms. The van der Waals surface area contributed by atoms with E-state index in [9.17, 15) is 9.59 Å². The lowest BCUT2D eigenvalue weighted by atomic mass is 10.2. The number of benzene rings is 1. The van der Waals surface area contributed by atoms with Crippen LogP contribution in [0.25, 0.3) is 0 Å². The second-order valence-corrected chi connectivity index (χ2v) is 5.62. The van der Waals surface area contributed by atoms with Crippen LogP contribution in [0.3, 0.4) is 0 Å². The zero-order valence-electron chi connectivity index (χ0n) is 12.8. The quantitative estimate of drug-likeness (QED) is 0.868. The number of hydrogen-bond donors (Lipinski definition) is 1. The summed E-state index contributed by atoms with van der Waals surface area (Å²) >= 11 is 0. The van der Waals surface area contributed by atoms with Gasteiger partial charge < -0.3 is 14.7 Å². The second-order valence-electron chi connectivity index (χ2n) is 5.62. The number of carboxylic acids is 1. The predicted molar refractivity (Wildman–Crippen MR) is 81.5 cm³/mol. The Bertz CT molecular complexity index is 506. The summed E-state index contributed by atoms with van der Waals surface area (Å²) in [6.45, 7) is 1.45. The highest BCUT2D eigenvalue weighted by Crippen LogP contribution is 2.19. The number of hydrogen-bond acceptors (Lipinski definition) is 4.